The maximum atomic E-state index is 12.9. The topological polar surface area (TPSA) is 61.8 Å². The Labute approximate surface area is 435 Å². The Morgan fingerprint density at radius 2 is 0.657 bits per heavy atom. The zero-order chi connectivity index (χ0) is 50.6. The third kappa shape index (κ3) is 57.7. The molecule has 0 aromatic heterocycles. The molecule has 0 N–H and O–H groups in total. The van der Waals surface area contributed by atoms with Gasteiger partial charge in [0.15, 0.2) is 6.10 Å². The molecule has 5 nitrogen and oxygen atoms in total. The monoisotopic (exact) mass is 975 g/mol. The Kier molecular flexibility index (Phi) is 57.9. The summed E-state index contributed by atoms with van der Waals surface area (Å²) in [6.07, 6.45) is 80.5. The van der Waals surface area contributed by atoms with Crippen molar-refractivity contribution >= 4 is 11.9 Å². The van der Waals surface area contributed by atoms with Crippen molar-refractivity contribution in [3.8, 4) is 0 Å². The predicted octanol–water partition coefficient (Wildman–Crippen LogP) is 20.8. The van der Waals surface area contributed by atoms with Crippen molar-refractivity contribution < 1.29 is 23.8 Å². The summed E-state index contributed by atoms with van der Waals surface area (Å²) < 4.78 is 17.5. The lowest BCUT2D eigenvalue weighted by molar-refractivity contribution is -0.162. The number of allylic oxidation sites excluding steroid dienone is 14. The SMILES string of the molecule is CC/C=C\C/C=C\C/C=C\C/C=C\C/C=C\CCCC(=O)OC(COCCCCCCCCCCCCCCCCCCCC)COC(=O)CCCCCCCCCCC/C=C\C/C=C\CCCCC. The third-order valence-electron chi connectivity index (χ3n) is 12.9. The number of hydrogen-bond acceptors (Lipinski definition) is 5. The number of esters is 2. The second-order valence-corrected chi connectivity index (χ2v) is 19.9. The van der Waals surface area contributed by atoms with Crippen LogP contribution in [0.4, 0.5) is 0 Å². The molecule has 404 valence electrons. The molecule has 1 atom stereocenters. The lowest BCUT2D eigenvalue weighted by Gasteiger charge is -2.18. The van der Waals surface area contributed by atoms with Crippen molar-refractivity contribution in [3.05, 3.63) is 85.1 Å². The average Bonchev–Trinajstić information content (AvgIpc) is 3.36. The Bertz CT molecular complexity index is 1290. The summed E-state index contributed by atoms with van der Waals surface area (Å²) in [5, 5.41) is 0. The molecule has 70 heavy (non-hydrogen) atoms. The maximum Gasteiger partial charge on any atom is 0.306 e. The van der Waals surface area contributed by atoms with Crippen LogP contribution in [0.25, 0.3) is 0 Å². The smallest absolute Gasteiger partial charge is 0.306 e. The minimum absolute atomic E-state index is 0.0600. The highest BCUT2D eigenvalue weighted by Gasteiger charge is 2.17. The van der Waals surface area contributed by atoms with E-state index in [9.17, 15) is 9.59 Å². The third-order valence-corrected chi connectivity index (χ3v) is 12.9. The van der Waals surface area contributed by atoms with E-state index in [-0.39, 0.29) is 25.2 Å². The van der Waals surface area contributed by atoms with Crippen molar-refractivity contribution in [2.75, 3.05) is 19.8 Å². The molecule has 0 spiro atoms. The number of carbonyl (C=O) groups excluding carboxylic acids is 2. The molecule has 0 saturated heterocycles. The molecule has 0 radical (unpaired) electrons. The summed E-state index contributed by atoms with van der Waals surface area (Å²) in [5.74, 6) is -0.460. The molecule has 0 aliphatic carbocycles. The number of ether oxygens (including phenoxy) is 3. The van der Waals surface area contributed by atoms with Gasteiger partial charge in [0.05, 0.1) is 6.61 Å². The van der Waals surface area contributed by atoms with E-state index < -0.39 is 6.10 Å². The molecule has 0 aliphatic rings. The first-order valence-corrected chi connectivity index (χ1v) is 30.1. The average molecular weight is 976 g/mol. The van der Waals surface area contributed by atoms with Crippen LogP contribution in [-0.4, -0.2) is 37.9 Å². The van der Waals surface area contributed by atoms with Crippen LogP contribution < -0.4 is 0 Å². The van der Waals surface area contributed by atoms with Crippen molar-refractivity contribution in [2.45, 2.75) is 297 Å². The highest BCUT2D eigenvalue weighted by molar-refractivity contribution is 5.70. The molecule has 0 aliphatic heterocycles. The first-order valence-electron chi connectivity index (χ1n) is 30.1. The van der Waals surface area contributed by atoms with Gasteiger partial charge in [-0.1, -0.05) is 273 Å². The zero-order valence-electron chi connectivity index (χ0n) is 46.5. The van der Waals surface area contributed by atoms with Crippen LogP contribution in [0.2, 0.25) is 0 Å². The highest BCUT2D eigenvalue weighted by atomic mass is 16.6. The van der Waals surface area contributed by atoms with E-state index in [0.29, 0.717) is 19.4 Å². The first kappa shape index (κ1) is 67.1. The molecule has 0 aromatic carbocycles. The van der Waals surface area contributed by atoms with Crippen molar-refractivity contribution in [2.24, 2.45) is 0 Å². The molecular formula is C65H114O5. The van der Waals surface area contributed by atoms with Crippen LogP contribution in [0.1, 0.15) is 290 Å². The Morgan fingerprint density at radius 1 is 0.329 bits per heavy atom. The van der Waals surface area contributed by atoms with Gasteiger partial charge in [-0.2, -0.15) is 0 Å². The van der Waals surface area contributed by atoms with Crippen molar-refractivity contribution in [1.82, 2.24) is 0 Å². The fourth-order valence-electron chi connectivity index (χ4n) is 8.46. The Hall–Kier alpha value is -2.92. The van der Waals surface area contributed by atoms with Gasteiger partial charge in [0.25, 0.3) is 0 Å². The summed E-state index contributed by atoms with van der Waals surface area (Å²) in [6.45, 7) is 7.67. The fourth-order valence-corrected chi connectivity index (χ4v) is 8.46. The van der Waals surface area contributed by atoms with E-state index in [1.54, 1.807) is 0 Å². The number of carbonyl (C=O) groups is 2. The molecule has 0 aromatic rings. The summed E-state index contributed by atoms with van der Waals surface area (Å²) in [7, 11) is 0. The molecule has 0 heterocycles. The van der Waals surface area contributed by atoms with Gasteiger partial charge in [-0.3, -0.25) is 9.59 Å². The predicted molar refractivity (Wildman–Crippen MR) is 307 cm³/mol. The lowest BCUT2D eigenvalue weighted by atomic mass is 10.0. The summed E-state index contributed by atoms with van der Waals surface area (Å²) in [6, 6.07) is 0. The summed E-state index contributed by atoms with van der Waals surface area (Å²) in [4.78, 5) is 25.5. The van der Waals surface area contributed by atoms with E-state index in [4.69, 9.17) is 14.2 Å². The zero-order valence-corrected chi connectivity index (χ0v) is 46.5. The number of rotatable bonds is 55. The van der Waals surface area contributed by atoms with E-state index in [1.807, 2.05) is 0 Å². The number of hydrogen-bond donors (Lipinski definition) is 0. The van der Waals surface area contributed by atoms with Gasteiger partial charge >= 0.3 is 11.9 Å². The molecule has 1 unspecified atom stereocenters. The largest absolute Gasteiger partial charge is 0.462 e. The van der Waals surface area contributed by atoms with Crippen molar-refractivity contribution in [1.29, 1.82) is 0 Å². The van der Waals surface area contributed by atoms with Crippen LogP contribution in [0.5, 0.6) is 0 Å². The molecule has 0 saturated carbocycles. The van der Waals surface area contributed by atoms with Crippen LogP contribution in [0, 0.1) is 0 Å². The van der Waals surface area contributed by atoms with Gasteiger partial charge < -0.3 is 14.2 Å². The van der Waals surface area contributed by atoms with E-state index in [1.165, 1.54) is 173 Å². The van der Waals surface area contributed by atoms with Gasteiger partial charge in [0, 0.05) is 19.4 Å². The van der Waals surface area contributed by atoms with E-state index >= 15 is 0 Å². The minimum atomic E-state index is -0.570. The second kappa shape index (κ2) is 60.4. The normalized spacial score (nSPS) is 12.8. The van der Waals surface area contributed by atoms with Gasteiger partial charge in [0.1, 0.15) is 6.61 Å². The first-order chi connectivity index (χ1) is 34.6. The minimum Gasteiger partial charge on any atom is -0.462 e. The quantitative estimate of drug-likeness (QED) is 0.0345. The fraction of sp³-hybridized carbons (Fsp3) is 0.754. The highest BCUT2D eigenvalue weighted by Crippen LogP contribution is 2.16. The van der Waals surface area contributed by atoms with Gasteiger partial charge in [-0.25, -0.2) is 0 Å². The molecular weight excluding hydrogens is 861 g/mol. The molecule has 0 bridgehead atoms. The summed E-state index contributed by atoms with van der Waals surface area (Å²) in [5.41, 5.74) is 0. The van der Waals surface area contributed by atoms with E-state index in [0.717, 1.165) is 83.5 Å². The van der Waals surface area contributed by atoms with Crippen LogP contribution in [0.3, 0.4) is 0 Å². The summed E-state index contributed by atoms with van der Waals surface area (Å²) >= 11 is 0. The molecule has 0 fully saturated rings. The van der Waals surface area contributed by atoms with Gasteiger partial charge in [0.2, 0.25) is 0 Å². The van der Waals surface area contributed by atoms with E-state index in [2.05, 4.69) is 106 Å². The maximum absolute atomic E-state index is 12.9. The van der Waals surface area contributed by atoms with Crippen LogP contribution in [0.15, 0.2) is 85.1 Å². The molecule has 0 rings (SSSR count). The van der Waals surface area contributed by atoms with Gasteiger partial charge in [-0.15, -0.1) is 0 Å². The Balaban J connectivity index is 4.34. The second-order valence-electron chi connectivity index (χ2n) is 19.9. The Morgan fingerprint density at radius 3 is 1.10 bits per heavy atom. The lowest BCUT2D eigenvalue weighted by Crippen LogP contribution is -2.30. The molecule has 5 heteroatoms. The van der Waals surface area contributed by atoms with Gasteiger partial charge in [-0.05, 0) is 89.9 Å². The number of unbranched alkanes of at least 4 members (excludes halogenated alkanes) is 30. The van der Waals surface area contributed by atoms with Crippen molar-refractivity contribution in [3.63, 3.8) is 0 Å². The molecule has 0 amide bonds. The van der Waals surface area contributed by atoms with Crippen LogP contribution >= 0.6 is 0 Å². The van der Waals surface area contributed by atoms with Crippen LogP contribution in [-0.2, 0) is 23.8 Å². The standard InChI is InChI=1S/C65H114O5/c1-4-7-10-13-16-19-22-25-28-31-33-35-37-40-43-46-49-52-55-58-64(66)69-62-63(61-68-60-57-54-51-48-45-42-39-36-32-29-26-23-20-17-14-11-8-5-2)70-65(67)59-56-53-50-47-44-41-38-34-30-27-24-21-18-15-12-9-6-3/h9,12,16,18-19,21,25,27-28,30,38,41,47,50,63H,4-8,10-11,13-15,17,20,22-24,26,29,31-37,39-40,42-46,48-49,51-62H2,1-3H3/b12-9-,19-16-,21-18-,28-25-,30-27-,41-38-,50-47-.